The van der Waals surface area contributed by atoms with Crippen LogP contribution in [-0.2, 0) is 75.7 Å². The smallest absolute Gasteiger partial charge is 0.295 e. The van der Waals surface area contributed by atoms with E-state index in [0.717, 1.165) is 12.1 Å². The molecule has 6 amide bonds. The van der Waals surface area contributed by atoms with Gasteiger partial charge in [-0.2, -0.15) is 48.6 Å². The molecule has 39 heteroatoms. The fourth-order valence-electron chi connectivity index (χ4n) is 10.4. The Kier molecular flexibility index (Phi) is 17.5. The first kappa shape index (κ1) is 67.6. The van der Waals surface area contributed by atoms with E-state index in [1.165, 1.54) is 136 Å². The molecule has 0 spiro atoms. The van der Waals surface area contributed by atoms with Gasteiger partial charge in [0.2, 0.25) is 11.9 Å². The van der Waals surface area contributed by atoms with Crippen molar-refractivity contribution in [2.75, 3.05) is 42.5 Å². The van der Waals surface area contributed by atoms with Gasteiger partial charge in [0.15, 0.2) is 0 Å². The molecule has 98 heavy (non-hydrogen) atoms. The lowest BCUT2D eigenvalue weighted by Gasteiger charge is -2.10. The number of carbonyl (C=O) groups is 6. The first-order valence-electron chi connectivity index (χ1n) is 28.1. The van der Waals surface area contributed by atoms with E-state index in [-0.39, 0.29) is 102 Å². The number of nitrogens with zero attached hydrogens (tertiary/aromatic N) is 8. The fourth-order valence-corrected chi connectivity index (χ4v) is 13.1. The van der Waals surface area contributed by atoms with Gasteiger partial charge in [0.25, 0.3) is 75.9 Å². The third kappa shape index (κ3) is 14.7. The molecule has 0 radical (unpaired) electrons. The van der Waals surface area contributed by atoms with Crippen LogP contribution in [0.5, 0.6) is 0 Å². The van der Waals surface area contributed by atoms with Gasteiger partial charge >= 0.3 is 0 Å². The molecule has 11 aromatic rings. The minimum Gasteiger partial charge on any atom is -0.355 e. The summed E-state index contributed by atoms with van der Waals surface area (Å²) >= 11 is 0. The molecule has 4 aromatic carbocycles. The number of fused-ring (bicyclic) bond motifs is 2. The summed E-state index contributed by atoms with van der Waals surface area (Å²) < 4.78 is 142. The molecule has 7 aromatic heterocycles. The summed E-state index contributed by atoms with van der Waals surface area (Å²) in [5.74, 6) is -3.32. The molecule has 0 saturated heterocycles. The Labute approximate surface area is 553 Å². The number of H-pyrrole nitrogens is 1. The van der Waals surface area contributed by atoms with Crippen molar-refractivity contribution in [3.63, 3.8) is 0 Å². The number of anilines is 10. The van der Waals surface area contributed by atoms with Crippen LogP contribution >= 0.6 is 0 Å². The van der Waals surface area contributed by atoms with Crippen molar-refractivity contribution in [3.8, 4) is 0 Å². The largest absolute Gasteiger partial charge is 0.355 e. The predicted molar refractivity (Wildman–Crippen MR) is 354 cm³/mol. The summed E-state index contributed by atoms with van der Waals surface area (Å²) in [5, 5.41) is 21.9. The van der Waals surface area contributed by atoms with E-state index in [0.29, 0.717) is 29.3 Å². The van der Waals surface area contributed by atoms with Gasteiger partial charge in [-0.05, 0) is 103 Å². The SMILES string of the molecule is Cc1nc(Nc2c[nH]c(C(=O)Nc3cc(C(=O)Nc4ccc5cc(S(=O)(=O)O)cc(S(=O)(=O)O)c5c4)n(C)c3)c2)nc(Nc2cc(C(=O)Nc3cc(C(=O)Nc4cc(C(=O)Nc5cc(C(=O)Nc6ccc7cc(S(=O)(=O)O)cc(S(=O)(=O)O)c7c6)n(C)c5)n(C)c4)n(C)c3)n(C)c2)n1. The van der Waals surface area contributed by atoms with Gasteiger partial charge < -0.3 is 70.4 Å². The number of carbonyl (C=O) groups excluding carboxylic acids is 6. The molecular formula is C59H53N17O18S4. The van der Waals surface area contributed by atoms with Crippen molar-refractivity contribution in [2.24, 2.45) is 35.2 Å². The lowest BCUT2D eigenvalue weighted by atomic mass is 10.1. The Morgan fingerprint density at radius 2 is 0.684 bits per heavy atom. The Balaban J connectivity index is 0.672. The van der Waals surface area contributed by atoms with Crippen molar-refractivity contribution >= 4 is 155 Å². The summed E-state index contributed by atoms with van der Waals surface area (Å²) in [4.78, 5) is 94.0. The maximum atomic E-state index is 13.7. The average Bonchev–Trinajstić information content (AvgIpc) is 1.05. The lowest BCUT2D eigenvalue weighted by molar-refractivity contribution is 0.100. The van der Waals surface area contributed by atoms with Gasteiger partial charge in [-0.15, -0.1) is 0 Å². The van der Waals surface area contributed by atoms with E-state index in [1.807, 2.05) is 0 Å². The van der Waals surface area contributed by atoms with E-state index in [2.05, 4.69) is 62.5 Å². The molecule has 0 bridgehead atoms. The van der Waals surface area contributed by atoms with Gasteiger partial charge in [-0.3, -0.25) is 47.0 Å². The molecule has 506 valence electrons. The van der Waals surface area contributed by atoms with E-state index in [9.17, 15) is 80.6 Å². The number of benzene rings is 4. The molecule has 0 fully saturated rings. The zero-order valence-corrected chi connectivity index (χ0v) is 54.7. The number of aromatic amines is 1. The first-order chi connectivity index (χ1) is 45.9. The summed E-state index contributed by atoms with van der Waals surface area (Å²) in [6.45, 7) is 1.62. The van der Waals surface area contributed by atoms with Gasteiger partial charge in [-0.25, -0.2) is 0 Å². The van der Waals surface area contributed by atoms with Gasteiger partial charge in [-0.1, -0.05) is 12.1 Å². The number of nitrogens with one attached hydrogen (secondary N) is 9. The highest BCUT2D eigenvalue weighted by Gasteiger charge is 2.26. The minimum atomic E-state index is -5.01. The normalized spacial score (nSPS) is 11.9. The standard InChI is InChI=1S/C59H53N17O18S4/c1-29-61-58(69-34-15-44(60-23-34)52(77)65-35-16-45(72(2)24-35)53(78)63-32-9-7-30-11-40(95(83,84)85)21-50(42(30)13-32)97(89,90)91)71-59(62-29)70-39-20-49(76(6)28-39)57(82)68-38-19-48(75(5)27-38)56(81)67-37-18-47(74(4)26-37)55(80)66-36-17-46(73(3)25-36)54(79)64-33-10-8-31-12-41(96(86,87)88)22-51(43(31)14-33)98(92,93)94/h7-28,60H,1-6H3,(H,63,78)(H,64,79)(H,65,77)(H,66,80)(H,67,81)(H,68,82)(H,83,84,85)(H,86,87,88)(H,89,90,91)(H,92,93,94)(H2,61,62,69,70,71). The summed E-state index contributed by atoms with van der Waals surface area (Å²) in [7, 11) is -11.9. The summed E-state index contributed by atoms with van der Waals surface area (Å²) in [6.07, 6.45) is 9.01. The summed E-state index contributed by atoms with van der Waals surface area (Å²) in [6, 6.07) is 19.4. The van der Waals surface area contributed by atoms with Crippen molar-refractivity contribution in [1.29, 1.82) is 0 Å². The van der Waals surface area contributed by atoms with Crippen LogP contribution in [0.15, 0.2) is 154 Å². The van der Waals surface area contributed by atoms with Crippen LogP contribution in [0.3, 0.4) is 0 Å². The molecule has 0 aliphatic rings. The van der Waals surface area contributed by atoms with Gasteiger partial charge in [0, 0.05) is 94.6 Å². The Morgan fingerprint density at radius 3 is 1.03 bits per heavy atom. The molecule has 11 rings (SSSR count). The molecule has 35 nitrogen and oxygen atoms in total. The maximum absolute atomic E-state index is 13.7. The maximum Gasteiger partial charge on any atom is 0.295 e. The van der Waals surface area contributed by atoms with Crippen molar-refractivity contribution < 1.29 is 80.6 Å². The van der Waals surface area contributed by atoms with Crippen molar-refractivity contribution in [3.05, 3.63) is 174 Å². The van der Waals surface area contributed by atoms with Crippen LogP contribution in [0.4, 0.5) is 57.4 Å². The number of rotatable bonds is 20. The van der Waals surface area contributed by atoms with Gasteiger partial charge in [0.05, 0.1) is 43.9 Å². The van der Waals surface area contributed by atoms with Crippen LogP contribution in [0.1, 0.15) is 68.8 Å². The first-order valence-corrected chi connectivity index (χ1v) is 33.9. The average molecular weight is 1420 g/mol. The second kappa shape index (κ2) is 25.4. The molecule has 0 aliphatic carbocycles. The topological polar surface area (TPSA) is 495 Å². The Morgan fingerprint density at radius 1 is 0.367 bits per heavy atom. The molecular weight excluding hydrogens is 1360 g/mol. The molecule has 0 saturated carbocycles. The van der Waals surface area contributed by atoms with Crippen LogP contribution < -0.4 is 42.5 Å². The molecule has 0 unspecified atom stereocenters. The third-order valence-electron chi connectivity index (χ3n) is 14.9. The molecule has 0 atom stereocenters. The Hall–Kier alpha value is -11.9. The number of amides is 6. The lowest BCUT2D eigenvalue weighted by Crippen LogP contribution is -2.16. The molecule has 7 heterocycles. The summed E-state index contributed by atoms with van der Waals surface area (Å²) in [5.41, 5.74) is 2.38. The highest BCUT2D eigenvalue weighted by atomic mass is 32.2. The van der Waals surface area contributed by atoms with Crippen LogP contribution in [0.25, 0.3) is 21.5 Å². The van der Waals surface area contributed by atoms with E-state index >= 15 is 0 Å². The number of hydrogen-bond donors (Lipinski definition) is 13. The fraction of sp³-hybridized carbons (Fsp3) is 0.102. The van der Waals surface area contributed by atoms with E-state index < -0.39 is 95.5 Å². The minimum absolute atomic E-state index is 0.00948. The highest BCUT2D eigenvalue weighted by molar-refractivity contribution is 7.87. The molecule has 0 aliphatic heterocycles. The number of aryl methyl sites for hydroxylation is 6. The highest BCUT2D eigenvalue weighted by Crippen LogP contribution is 2.33. The van der Waals surface area contributed by atoms with Crippen molar-refractivity contribution in [1.82, 2.24) is 42.8 Å². The number of hydrogen-bond acceptors (Lipinski definition) is 19. The van der Waals surface area contributed by atoms with E-state index in [4.69, 9.17) is 0 Å². The zero-order valence-electron chi connectivity index (χ0n) is 51.4. The second-order valence-corrected chi connectivity index (χ2v) is 27.7. The van der Waals surface area contributed by atoms with E-state index in [1.54, 1.807) is 38.8 Å². The Bertz CT molecular complexity index is 5710. The second-order valence-electron chi connectivity index (χ2n) is 22.0. The predicted octanol–water partition coefficient (Wildman–Crippen LogP) is 6.49. The monoisotopic (exact) mass is 1420 g/mol. The van der Waals surface area contributed by atoms with Crippen LogP contribution in [0.2, 0.25) is 0 Å². The van der Waals surface area contributed by atoms with Crippen LogP contribution in [0, 0.1) is 6.92 Å². The quantitative estimate of drug-likeness (QED) is 0.0362. The van der Waals surface area contributed by atoms with Crippen LogP contribution in [-0.4, -0.2) is 130 Å². The van der Waals surface area contributed by atoms with Gasteiger partial charge in [0.1, 0.15) is 49.8 Å². The molecule has 13 N–H and O–H groups in total. The third-order valence-corrected chi connectivity index (χ3v) is 18.3. The zero-order chi connectivity index (χ0) is 70.8. The van der Waals surface area contributed by atoms with Crippen molar-refractivity contribution in [2.45, 2.75) is 26.5 Å². The number of aromatic nitrogens is 9.